The zero-order valence-corrected chi connectivity index (χ0v) is 8.09. The lowest BCUT2D eigenvalue weighted by atomic mass is 10.3. The van der Waals surface area contributed by atoms with E-state index in [0.717, 1.165) is 16.7 Å². The van der Waals surface area contributed by atoms with Crippen LogP contribution in [0.2, 0.25) is 0 Å². The van der Waals surface area contributed by atoms with Gasteiger partial charge in [-0.3, -0.25) is 4.57 Å². The molecule has 0 bridgehead atoms. The van der Waals surface area contributed by atoms with Crippen LogP contribution in [-0.2, 0) is 0 Å². The van der Waals surface area contributed by atoms with Gasteiger partial charge in [-0.25, -0.2) is 4.98 Å². The first kappa shape index (κ1) is 8.24. The summed E-state index contributed by atoms with van der Waals surface area (Å²) >= 11 is 0. The first-order valence-corrected chi connectivity index (χ1v) is 4.85. The minimum absolute atomic E-state index is 0.948. The number of para-hydroxylation sites is 1. The molecule has 0 fully saturated rings. The third-order valence-electron chi connectivity index (χ3n) is 2.39. The molecule has 3 aromatic rings. The second kappa shape index (κ2) is 3.24. The molecule has 0 atom stereocenters. The summed E-state index contributed by atoms with van der Waals surface area (Å²) in [7, 11) is 0. The molecule has 0 aliphatic carbocycles. The second-order valence-electron chi connectivity index (χ2n) is 3.36. The predicted molar refractivity (Wildman–Crippen MR) is 59.9 cm³/mol. The number of aromatic nitrogens is 2. The van der Waals surface area contributed by atoms with E-state index in [2.05, 4.69) is 11.2 Å². The average molecular weight is 193 g/mol. The van der Waals surface area contributed by atoms with Gasteiger partial charge in [-0.15, -0.1) is 0 Å². The Morgan fingerprint density at radius 2 is 1.87 bits per heavy atom. The Morgan fingerprint density at radius 1 is 1.00 bits per heavy atom. The molecule has 2 aromatic heterocycles. The van der Waals surface area contributed by atoms with E-state index in [9.17, 15) is 0 Å². The highest BCUT2D eigenvalue weighted by Gasteiger charge is 2.02. The SMILES string of the molecule is [c]1cc2cccnc2n1-c1ccccc1. The molecular formula is C13H9N2. The predicted octanol–water partition coefficient (Wildman–Crippen LogP) is 2.83. The van der Waals surface area contributed by atoms with Crippen molar-refractivity contribution in [2.45, 2.75) is 0 Å². The molecule has 71 valence electrons. The number of nitrogens with zero attached hydrogens (tertiary/aromatic N) is 2. The van der Waals surface area contributed by atoms with Gasteiger partial charge in [0.15, 0.2) is 0 Å². The monoisotopic (exact) mass is 193 g/mol. The second-order valence-corrected chi connectivity index (χ2v) is 3.36. The molecule has 1 aromatic carbocycles. The van der Waals surface area contributed by atoms with Gasteiger partial charge in [0.1, 0.15) is 5.65 Å². The van der Waals surface area contributed by atoms with Crippen molar-refractivity contribution in [3.05, 3.63) is 60.9 Å². The summed E-state index contributed by atoms with van der Waals surface area (Å²) in [5, 5.41) is 1.11. The maximum atomic E-state index is 4.35. The molecule has 2 nitrogen and oxygen atoms in total. The Bertz CT molecular complexity index is 582. The minimum atomic E-state index is 0.948. The van der Waals surface area contributed by atoms with Crippen LogP contribution in [0.15, 0.2) is 54.7 Å². The standard InChI is InChI=1S/C13H9N2/c1-2-6-12(7-3-1)15-10-8-11-5-4-9-14-13(11)15/h1-9H. The molecule has 0 saturated heterocycles. The van der Waals surface area contributed by atoms with Crippen molar-refractivity contribution in [2.24, 2.45) is 0 Å². The lowest BCUT2D eigenvalue weighted by molar-refractivity contribution is 1.08. The van der Waals surface area contributed by atoms with Crippen molar-refractivity contribution >= 4 is 11.0 Å². The summed E-state index contributed by atoms with van der Waals surface area (Å²) in [6, 6.07) is 16.0. The third kappa shape index (κ3) is 1.31. The van der Waals surface area contributed by atoms with Gasteiger partial charge in [0, 0.05) is 17.3 Å². The summed E-state index contributed by atoms with van der Waals surface area (Å²) in [4.78, 5) is 4.35. The Hall–Kier alpha value is -2.09. The fourth-order valence-electron chi connectivity index (χ4n) is 1.68. The fourth-order valence-corrected chi connectivity index (χ4v) is 1.68. The van der Waals surface area contributed by atoms with Crippen LogP contribution < -0.4 is 0 Å². The van der Waals surface area contributed by atoms with E-state index in [-0.39, 0.29) is 0 Å². The van der Waals surface area contributed by atoms with Gasteiger partial charge in [-0.2, -0.15) is 0 Å². The molecule has 1 radical (unpaired) electrons. The summed E-state index contributed by atoms with van der Waals surface area (Å²) in [6.07, 6.45) is 4.99. The molecule has 3 rings (SSSR count). The van der Waals surface area contributed by atoms with E-state index in [1.54, 1.807) is 6.20 Å². The van der Waals surface area contributed by atoms with E-state index < -0.39 is 0 Å². The van der Waals surface area contributed by atoms with Crippen LogP contribution in [0.5, 0.6) is 0 Å². The van der Waals surface area contributed by atoms with Gasteiger partial charge >= 0.3 is 0 Å². The molecule has 2 heteroatoms. The molecule has 0 unspecified atom stereocenters. The van der Waals surface area contributed by atoms with Crippen LogP contribution >= 0.6 is 0 Å². The Labute approximate surface area is 87.8 Å². The molecule has 0 aliphatic rings. The van der Waals surface area contributed by atoms with Crippen LogP contribution in [0, 0.1) is 6.20 Å². The van der Waals surface area contributed by atoms with Crippen molar-refractivity contribution < 1.29 is 0 Å². The largest absolute Gasteiger partial charge is 0.292 e. The highest BCUT2D eigenvalue weighted by Crippen LogP contribution is 2.16. The van der Waals surface area contributed by atoms with Gasteiger partial charge in [-0.1, -0.05) is 18.2 Å². The molecule has 0 aliphatic heterocycles. The van der Waals surface area contributed by atoms with Gasteiger partial charge in [0.05, 0.1) is 6.20 Å². The van der Waals surface area contributed by atoms with Crippen LogP contribution in [0.3, 0.4) is 0 Å². The van der Waals surface area contributed by atoms with Gasteiger partial charge < -0.3 is 0 Å². The van der Waals surface area contributed by atoms with Crippen LogP contribution in [0.1, 0.15) is 0 Å². The van der Waals surface area contributed by atoms with Crippen molar-refractivity contribution in [2.75, 3.05) is 0 Å². The number of fused-ring (bicyclic) bond motifs is 1. The van der Waals surface area contributed by atoms with Crippen molar-refractivity contribution in [3.63, 3.8) is 0 Å². The fraction of sp³-hybridized carbons (Fsp3) is 0. The zero-order chi connectivity index (χ0) is 10.1. The summed E-state index contributed by atoms with van der Waals surface area (Å²) in [6.45, 7) is 0. The lowest BCUT2D eigenvalue weighted by Crippen LogP contribution is -1.92. The maximum Gasteiger partial charge on any atom is 0.144 e. The van der Waals surface area contributed by atoms with Crippen molar-refractivity contribution in [3.8, 4) is 5.69 Å². The van der Waals surface area contributed by atoms with E-state index in [0.29, 0.717) is 0 Å². The maximum absolute atomic E-state index is 4.35. The molecule has 0 spiro atoms. The minimum Gasteiger partial charge on any atom is -0.292 e. The average Bonchev–Trinajstić information content (AvgIpc) is 2.74. The molecule has 0 amide bonds. The number of rotatable bonds is 1. The quantitative estimate of drug-likeness (QED) is 0.581. The summed E-state index contributed by atoms with van der Waals surface area (Å²) < 4.78 is 1.97. The number of benzene rings is 1. The Morgan fingerprint density at radius 3 is 2.73 bits per heavy atom. The van der Waals surface area contributed by atoms with Crippen LogP contribution in [0.4, 0.5) is 0 Å². The number of hydrogen-bond acceptors (Lipinski definition) is 1. The first-order chi connectivity index (χ1) is 7.45. The van der Waals surface area contributed by atoms with Gasteiger partial charge in [0.2, 0.25) is 0 Å². The zero-order valence-electron chi connectivity index (χ0n) is 8.09. The van der Waals surface area contributed by atoms with Gasteiger partial charge in [-0.05, 0) is 30.3 Å². The smallest absolute Gasteiger partial charge is 0.144 e. The number of hydrogen-bond donors (Lipinski definition) is 0. The molecule has 0 saturated carbocycles. The van der Waals surface area contributed by atoms with Crippen molar-refractivity contribution in [1.29, 1.82) is 0 Å². The Kier molecular flexibility index (Phi) is 1.78. The van der Waals surface area contributed by atoms with Gasteiger partial charge in [0.25, 0.3) is 0 Å². The first-order valence-electron chi connectivity index (χ1n) is 4.85. The summed E-state index contributed by atoms with van der Waals surface area (Å²) in [5.74, 6) is 0. The highest BCUT2D eigenvalue weighted by molar-refractivity contribution is 5.77. The molecule has 2 heterocycles. The lowest BCUT2D eigenvalue weighted by Gasteiger charge is -2.02. The third-order valence-corrected chi connectivity index (χ3v) is 2.39. The number of pyridine rings is 1. The Balaban J connectivity index is 2.28. The topological polar surface area (TPSA) is 17.8 Å². The van der Waals surface area contributed by atoms with E-state index in [4.69, 9.17) is 0 Å². The summed E-state index contributed by atoms with van der Waals surface area (Å²) in [5.41, 5.74) is 2.04. The van der Waals surface area contributed by atoms with Crippen LogP contribution in [0.25, 0.3) is 16.7 Å². The van der Waals surface area contributed by atoms with Crippen molar-refractivity contribution in [1.82, 2.24) is 9.55 Å². The highest BCUT2D eigenvalue weighted by atomic mass is 15.0. The van der Waals surface area contributed by atoms with E-state index in [1.165, 1.54) is 0 Å². The molecule has 15 heavy (non-hydrogen) atoms. The normalized spacial score (nSPS) is 10.7. The van der Waals surface area contributed by atoms with E-state index >= 15 is 0 Å². The molecule has 0 N–H and O–H groups in total. The molecular weight excluding hydrogens is 184 g/mol. The van der Waals surface area contributed by atoms with Crippen LogP contribution in [-0.4, -0.2) is 9.55 Å². The van der Waals surface area contributed by atoms with E-state index in [1.807, 2.05) is 53.1 Å².